The summed E-state index contributed by atoms with van der Waals surface area (Å²) in [5.74, 6) is 1.05. The minimum Gasteiger partial charge on any atom is -0.335 e. The van der Waals surface area contributed by atoms with Crippen molar-refractivity contribution in [3.8, 4) is 0 Å². The summed E-state index contributed by atoms with van der Waals surface area (Å²) in [6.45, 7) is 1.64. The zero-order valence-electron chi connectivity index (χ0n) is 9.21. The molecule has 0 aromatic carbocycles. The molecule has 16 heavy (non-hydrogen) atoms. The lowest BCUT2D eigenvalue weighted by Gasteiger charge is -2.06. The van der Waals surface area contributed by atoms with E-state index in [1.165, 1.54) is 0 Å². The number of rotatable bonds is 5. The summed E-state index contributed by atoms with van der Waals surface area (Å²) in [7, 11) is 0. The van der Waals surface area contributed by atoms with Gasteiger partial charge in [-0.2, -0.15) is 0 Å². The summed E-state index contributed by atoms with van der Waals surface area (Å²) >= 11 is 0. The second kappa shape index (κ2) is 5.42. The Labute approximate surface area is 95.1 Å². The van der Waals surface area contributed by atoms with Crippen molar-refractivity contribution in [3.63, 3.8) is 0 Å². The van der Waals surface area contributed by atoms with E-state index < -0.39 is 0 Å². The molecule has 0 radical (unpaired) electrons. The van der Waals surface area contributed by atoms with Crippen LogP contribution in [0.25, 0.3) is 0 Å². The van der Waals surface area contributed by atoms with E-state index in [0.29, 0.717) is 6.54 Å². The van der Waals surface area contributed by atoms with Crippen molar-refractivity contribution in [2.75, 3.05) is 6.54 Å². The van der Waals surface area contributed by atoms with Crippen LogP contribution in [0.4, 0.5) is 0 Å². The first kappa shape index (κ1) is 10.8. The molecule has 2 aromatic rings. The highest BCUT2D eigenvalue weighted by atomic mass is 15.1. The first-order chi connectivity index (χ1) is 7.90. The maximum Gasteiger partial charge on any atom is 0.114 e. The van der Waals surface area contributed by atoms with Crippen LogP contribution in [0.5, 0.6) is 0 Å². The Kier molecular flexibility index (Phi) is 3.66. The van der Waals surface area contributed by atoms with Crippen LogP contribution in [0.1, 0.15) is 17.9 Å². The number of hydrogen-bond donors (Lipinski definition) is 1. The molecule has 2 rings (SSSR count). The van der Waals surface area contributed by atoms with E-state index in [2.05, 4.69) is 14.5 Å². The molecule has 4 nitrogen and oxygen atoms in total. The lowest BCUT2D eigenvalue weighted by molar-refractivity contribution is 0.623. The SMILES string of the molecule is NCCCn1ccnc1Cc1ccccn1. The molecule has 0 saturated carbocycles. The fraction of sp³-hybridized carbons (Fsp3) is 0.333. The van der Waals surface area contributed by atoms with Gasteiger partial charge in [-0.15, -0.1) is 0 Å². The molecule has 2 heterocycles. The Bertz CT molecular complexity index is 422. The highest BCUT2D eigenvalue weighted by Gasteiger charge is 2.03. The number of aromatic nitrogens is 3. The minimum absolute atomic E-state index is 0.710. The summed E-state index contributed by atoms with van der Waals surface area (Å²) in [6, 6.07) is 5.93. The molecule has 84 valence electrons. The van der Waals surface area contributed by atoms with E-state index in [1.807, 2.05) is 36.8 Å². The molecule has 0 saturated heterocycles. The van der Waals surface area contributed by atoms with Crippen molar-refractivity contribution in [3.05, 3.63) is 48.3 Å². The second-order valence-corrected chi connectivity index (χ2v) is 3.68. The molecule has 2 aromatic heterocycles. The molecule has 0 atom stereocenters. The van der Waals surface area contributed by atoms with Crippen molar-refractivity contribution in [2.24, 2.45) is 5.73 Å². The minimum atomic E-state index is 0.710. The van der Waals surface area contributed by atoms with E-state index in [-0.39, 0.29) is 0 Å². The van der Waals surface area contributed by atoms with Gasteiger partial charge in [0.25, 0.3) is 0 Å². The Morgan fingerprint density at radius 1 is 1.19 bits per heavy atom. The zero-order chi connectivity index (χ0) is 11.2. The predicted molar refractivity (Wildman–Crippen MR) is 62.9 cm³/mol. The summed E-state index contributed by atoms with van der Waals surface area (Å²) in [4.78, 5) is 8.64. The number of pyridine rings is 1. The topological polar surface area (TPSA) is 56.7 Å². The van der Waals surface area contributed by atoms with Gasteiger partial charge in [0, 0.05) is 37.3 Å². The van der Waals surface area contributed by atoms with Crippen molar-refractivity contribution >= 4 is 0 Å². The lowest BCUT2D eigenvalue weighted by Crippen LogP contribution is -2.09. The third-order valence-corrected chi connectivity index (χ3v) is 2.47. The molecule has 2 N–H and O–H groups in total. The normalized spacial score (nSPS) is 10.6. The van der Waals surface area contributed by atoms with Gasteiger partial charge in [-0.3, -0.25) is 4.98 Å². The van der Waals surface area contributed by atoms with E-state index in [9.17, 15) is 0 Å². The summed E-state index contributed by atoms with van der Waals surface area (Å²) < 4.78 is 2.14. The Hall–Kier alpha value is -1.68. The van der Waals surface area contributed by atoms with E-state index in [0.717, 1.165) is 30.9 Å². The quantitative estimate of drug-likeness (QED) is 0.817. The highest BCUT2D eigenvalue weighted by Crippen LogP contribution is 2.05. The third kappa shape index (κ3) is 2.67. The van der Waals surface area contributed by atoms with Crippen LogP contribution in [0, 0.1) is 0 Å². The molecular formula is C12H16N4. The molecule has 0 bridgehead atoms. The van der Waals surface area contributed by atoms with Gasteiger partial charge in [0.05, 0.1) is 0 Å². The first-order valence-corrected chi connectivity index (χ1v) is 5.50. The van der Waals surface area contributed by atoms with Crippen LogP contribution in [-0.2, 0) is 13.0 Å². The molecule has 4 heteroatoms. The van der Waals surface area contributed by atoms with Gasteiger partial charge in [-0.05, 0) is 25.1 Å². The van der Waals surface area contributed by atoms with Gasteiger partial charge < -0.3 is 10.3 Å². The summed E-state index contributed by atoms with van der Waals surface area (Å²) in [5.41, 5.74) is 6.55. The number of hydrogen-bond acceptors (Lipinski definition) is 3. The Balaban J connectivity index is 2.07. The highest BCUT2D eigenvalue weighted by molar-refractivity contribution is 5.10. The molecule has 0 fully saturated rings. The molecular weight excluding hydrogens is 200 g/mol. The van der Waals surface area contributed by atoms with E-state index in [1.54, 1.807) is 0 Å². The fourth-order valence-electron chi connectivity index (χ4n) is 1.64. The Morgan fingerprint density at radius 3 is 2.88 bits per heavy atom. The van der Waals surface area contributed by atoms with E-state index in [4.69, 9.17) is 5.73 Å². The van der Waals surface area contributed by atoms with Crippen LogP contribution < -0.4 is 5.73 Å². The van der Waals surface area contributed by atoms with Gasteiger partial charge in [-0.25, -0.2) is 4.98 Å². The molecule has 0 aliphatic carbocycles. The zero-order valence-corrected chi connectivity index (χ0v) is 9.21. The molecule has 0 aliphatic rings. The predicted octanol–water partition coefficient (Wildman–Crippen LogP) is 1.22. The molecule has 0 amide bonds. The van der Waals surface area contributed by atoms with Gasteiger partial charge in [0.1, 0.15) is 5.82 Å². The first-order valence-electron chi connectivity index (χ1n) is 5.50. The van der Waals surface area contributed by atoms with Crippen LogP contribution >= 0.6 is 0 Å². The van der Waals surface area contributed by atoms with Gasteiger partial charge in [0.15, 0.2) is 0 Å². The van der Waals surface area contributed by atoms with Crippen molar-refractivity contribution < 1.29 is 0 Å². The average molecular weight is 216 g/mol. The summed E-state index contributed by atoms with van der Waals surface area (Å²) in [5, 5.41) is 0. The van der Waals surface area contributed by atoms with Gasteiger partial charge >= 0.3 is 0 Å². The number of aryl methyl sites for hydroxylation is 1. The maximum atomic E-state index is 5.50. The van der Waals surface area contributed by atoms with Crippen LogP contribution in [0.3, 0.4) is 0 Å². The number of nitrogens with two attached hydrogens (primary N) is 1. The lowest BCUT2D eigenvalue weighted by atomic mass is 10.2. The van der Waals surface area contributed by atoms with Crippen LogP contribution in [0.15, 0.2) is 36.8 Å². The molecule has 0 unspecified atom stereocenters. The Morgan fingerprint density at radius 2 is 2.12 bits per heavy atom. The monoisotopic (exact) mass is 216 g/mol. The van der Waals surface area contributed by atoms with E-state index >= 15 is 0 Å². The van der Waals surface area contributed by atoms with Crippen molar-refractivity contribution in [2.45, 2.75) is 19.4 Å². The van der Waals surface area contributed by atoms with Crippen LogP contribution in [-0.4, -0.2) is 21.1 Å². The maximum absolute atomic E-state index is 5.50. The fourth-order valence-corrected chi connectivity index (χ4v) is 1.64. The van der Waals surface area contributed by atoms with Crippen molar-refractivity contribution in [1.29, 1.82) is 0 Å². The summed E-state index contributed by atoms with van der Waals surface area (Å²) in [6.07, 6.45) is 7.38. The van der Waals surface area contributed by atoms with Crippen LogP contribution in [0.2, 0.25) is 0 Å². The second-order valence-electron chi connectivity index (χ2n) is 3.68. The molecule has 0 spiro atoms. The van der Waals surface area contributed by atoms with Gasteiger partial charge in [-0.1, -0.05) is 6.07 Å². The third-order valence-electron chi connectivity index (χ3n) is 2.47. The average Bonchev–Trinajstić information content (AvgIpc) is 2.75. The number of imidazole rings is 1. The number of nitrogens with zero attached hydrogens (tertiary/aromatic N) is 3. The largest absolute Gasteiger partial charge is 0.335 e. The smallest absolute Gasteiger partial charge is 0.114 e. The molecule has 0 aliphatic heterocycles. The van der Waals surface area contributed by atoms with Gasteiger partial charge in [0.2, 0.25) is 0 Å². The van der Waals surface area contributed by atoms with Crippen molar-refractivity contribution in [1.82, 2.24) is 14.5 Å². The standard InChI is InChI=1S/C12H16N4/c13-5-3-8-16-9-7-15-12(16)10-11-4-1-2-6-14-11/h1-2,4,6-7,9H,3,5,8,10,13H2.